The van der Waals surface area contributed by atoms with Crippen LogP contribution < -0.4 is 15.4 Å². The van der Waals surface area contributed by atoms with Crippen molar-refractivity contribution in [3.05, 3.63) is 35.9 Å². The van der Waals surface area contributed by atoms with Crippen LogP contribution in [-0.4, -0.2) is 39.7 Å². The van der Waals surface area contributed by atoms with Gasteiger partial charge in [-0.3, -0.25) is 4.79 Å². The lowest BCUT2D eigenvalue weighted by Crippen LogP contribution is -2.42. The molecule has 3 N–H and O–H groups in total. The van der Waals surface area contributed by atoms with Crippen molar-refractivity contribution in [2.75, 3.05) is 25.4 Å². The highest BCUT2D eigenvalue weighted by atomic mass is 32.2. The molecule has 1 aliphatic rings. The molecule has 1 heterocycles. The Balaban J connectivity index is 1.69. The van der Waals surface area contributed by atoms with Crippen molar-refractivity contribution in [3.63, 3.8) is 0 Å². The van der Waals surface area contributed by atoms with E-state index in [1.165, 1.54) is 0 Å². The molecular weight excluding hydrogens is 302 g/mol. The summed E-state index contributed by atoms with van der Waals surface area (Å²) in [6.45, 7) is 2.02. The lowest BCUT2D eigenvalue weighted by Gasteiger charge is -2.21. The summed E-state index contributed by atoms with van der Waals surface area (Å²) in [5.41, 5.74) is 0.906. The number of hydrogen-bond donors (Lipinski definition) is 3. The second-order valence-electron chi connectivity index (χ2n) is 5.46. The highest BCUT2D eigenvalue weighted by Gasteiger charge is 2.21. The van der Waals surface area contributed by atoms with Gasteiger partial charge in [-0.05, 0) is 24.9 Å². The van der Waals surface area contributed by atoms with Crippen LogP contribution >= 0.6 is 0 Å². The number of sulfonamides is 1. The van der Waals surface area contributed by atoms with Crippen molar-refractivity contribution in [1.29, 1.82) is 0 Å². The van der Waals surface area contributed by atoms with Gasteiger partial charge in [-0.2, -0.15) is 0 Å². The smallest absolute Gasteiger partial charge is 0.224 e. The quantitative estimate of drug-likeness (QED) is 0.669. The number of piperidine rings is 1. The number of carbonyl (C=O) groups excluding carboxylic acids is 1. The first-order valence-corrected chi connectivity index (χ1v) is 9.22. The Morgan fingerprint density at radius 1 is 1.27 bits per heavy atom. The van der Waals surface area contributed by atoms with Gasteiger partial charge in [-0.1, -0.05) is 30.3 Å². The van der Waals surface area contributed by atoms with Crippen LogP contribution in [0.2, 0.25) is 0 Å². The maximum atomic E-state index is 11.9. The van der Waals surface area contributed by atoms with E-state index in [0.29, 0.717) is 6.54 Å². The normalized spacial score (nSPS) is 18.8. The van der Waals surface area contributed by atoms with Crippen LogP contribution in [0, 0.1) is 5.92 Å². The molecule has 0 aromatic heterocycles. The van der Waals surface area contributed by atoms with Crippen LogP contribution in [0.5, 0.6) is 0 Å². The average Bonchev–Trinajstić information content (AvgIpc) is 2.55. The molecule has 0 aliphatic carbocycles. The molecule has 6 nitrogen and oxygen atoms in total. The fourth-order valence-corrected chi connectivity index (χ4v) is 3.29. The molecule has 0 spiro atoms. The zero-order valence-electron chi connectivity index (χ0n) is 12.5. The summed E-state index contributed by atoms with van der Waals surface area (Å²) in [4.78, 5) is 11.9. The van der Waals surface area contributed by atoms with E-state index in [1.807, 2.05) is 30.3 Å². The lowest BCUT2D eigenvalue weighted by molar-refractivity contribution is -0.125. The van der Waals surface area contributed by atoms with E-state index in [9.17, 15) is 13.2 Å². The number of amides is 1. The van der Waals surface area contributed by atoms with Gasteiger partial charge in [0.15, 0.2) is 0 Å². The van der Waals surface area contributed by atoms with Gasteiger partial charge < -0.3 is 10.6 Å². The van der Waals surface area contributed by atoms with Gasteiger partial charge in [0, 0.05) is 19.6 Å². The molecule has 1 aromatic rings. The van der Waals surface area contributed by atoms with Gasteiger partial charge in [-0.25, -0.2) is 13.1 Å². The molecule has 0 saturated carbocycles. The van der Waals surface area contributed by atoms with E-state index in [4.69, 9.17) is 0 Å². The Morgan fingerprint density at radius 2 is 2.05 bits per heavy atom. The zero-order chi connectivity index (χ0) is 15.8. The van der Waals surface area contributed by atoms with Gasteiger partial charge in [0.25, 0.3) is 0 Å². The Bertz CT molecular complexity index is 569. The number of benzene rings is 1. The van der Waals surface area contributed by atoms with Gasteiger partial charge in [0.2, 0.25) is 15.9 Å². The second-order valence-corrected chi connectivity index (χ2v) is 7.39. The highest BCUT2D eigenvalue weighted by Crippen LogP contribution is 2.09. The van der Waals surface area contributed by atoms with Crippen molar-refractivity contribution in [1.82, 2.24) is 15.4 Å². The van der Waals surface area contributed by atoms with Crippen molar-refractivity contribution < 1.29 is 13.2 Å². The minimum atomic E-state index is -3.39. The Hall–Kier alpha value is -1.44. The maximum Gasteiger partial charge on any atom is 0.224 e. The fourth-order valence-electron chi connectivity index (χ4n) is 2.39. The lowest BCUT2D eigenvalue weighted by atomic mass is 9.99. The van der Waals surface area contributed by atoms with Crippen molar-refractivity contribution in [2.45, 2.75) is 19.4 Å². The first kappa shape index (κ1) is 16.9. The molecule has 2 rings (SSSR count). The summed E-state index contributed by atoms with van der Waals surface area (Å²) in [5.74, 6) is -0.217. The van der Waals surface area contributed by atoms with E-state index in [1.54, 1.807) is 0 Å². The van der Waals surface area contributed by atoms with Gasteiger partial charge in [0.05, 0.1) is 11.7 Å². The third kappa shape index (κ3) is 5.75. The largest absolute Gasteiger partial charge is 0.355 e. The zero-order valence-corrected chi connectivity index (χ0v) is 13.4. The minimum absolute atomic E-state index is 0.0475. The standard InChI is InChI=1S/C15H23N3O3S/c19-15(14-7-4-8-16-12-14)17-9-10-22(20,21)18-11-13-5-2-1-3-6-13/h1-3,5-6,14,16,18H,4,7-12H2,(H,17,19). The van der Waals surface area contributed by atoms with Crippen LogP contribution in [0.1, 0.15) is 18.4 Å². The van der Waals surface area contributed by atoms with Crippen molar-refractivity contribution >= 4 is 15.9 Å². The van der Waals surface area contributed by atoms with E-state index in [0.717, 1.165) is 24.9 Å². The van der Waals surface area contributed by atoms with Crippen LogP contribution in [-0.2, 0) is 21.4 Å². The maximum absolute atomic E-state index is 11.9. The number of carbonyl (C=O) groups is 1. The van der Waals surface area contributed by atoms with Gasteiger partial charge >= 0.3 is 0 Å². The molecule has 7 heteroatoms. The molecule has 0 radical (unpaired) electrons. The monoisotopic (exact) mass is 325 g/mol. The topological polar surface area (TPSA) is 87.3 Å². The van der Waals surface area contributed by atoms with E-state index in [2.05, 4.69) is 15.4 Å². The molecule has 1 saturated heterocycles. The highest BCUT2D eigenvalue weighted by molar-refractivity contribution is 7.89. The molecule has 122 valence electrons. The van der Waals surface area contributed by atoms with Crippen LogP contribution in [0.4, 0.5) is 0 Å². The van der Waals surface area contributed by atoms with Crippen LogP contribution in [0.15, 0.2) is 30.3 Å². The first-order chi connectivity index (χ1) is 10.6. The Labute approximate surface area is 131 Å². The average molecular weight is 325 g/mol. The van der Waals surface area contributed by atoms with Gasteiger partial charge in [-0.15, -0.1) is 0 Å². The third-order valence-electron chi connectivity index (χ3n) is 3.68. The summed E-state index contributed by atoms with van der Waals surface area (Å²) in [6.07, 6.45) is 1.84. The summed E-state index contributed by atoms with van der Waals surface area (Å²) < 4.78 is 26.3. The number of rotatable bonds is 7. The predicted octanol–water partition coefficient (Wildman–Crippen LogP) is 0.222. The van der Waals surface area contributed by atoms with Crippen molar-refractivity contribution in [3.8, 4) is 0 Å². The summed E-state index contributed by atoms with van der Waals surface area (Å²) in [7, 11) is -3.39. The minimum Gasteiger partial charge on any atom is -0.355 e. The van der Waals surface area contributed by atoms with Crippen molar-refractivity contribution in [2.24, 2.45) is 5.92 Å². The Morgan fingerprint density at radius 3 is 2.73 bits per heavy atom. The Kier molecular flexibility index (Phi) is 6.35. The second kappa shape index (κ2) is 8.26. The summed E-state index contributed by atoms with van der Waals surface area (Å²) in [5, 5.41) is 5.88. The summed E-state index contributed by atoms with van der Waals surface area (Å²) >= 11 is 0. The number of nitrogens with one attached hydrogen (secondary N) is 3. The number of hydrogen-bond acceptors (Lipinski definition) is 4. The first-order valence-electron chi connectivity index (χ1n) is 7.56. The predicted molar refractivity (Wildman–Crippen MR) is 85.7 cm³/mol. The molecule has 1 fully saturated rings. The van der Waals surface area contributed by atoms with E-state index in [-0.39, 0.29) is 30.7 Å². The van der Waals surface area contributed by atoms with E-state index < -0.39 is 10.0 Å². The van der Waals surface area contributed by atoms with Gasteiger partial charge in [0.1, 0.15) is 0 Å². The SMILES string of the molecule is O=C(NCCS(=O)(=O)NCc1ccccc1)C1CCCNC1. The third-order valence-corrected chi connectivity index (χ3v) is 5.00. The molecule has 1 amide bonds. The molecule has 22 heavy (non-hydrogen) atoms. The van der Waals surface area contributed by atoms with E-state index >= 15 is 0 Å². The summed E-state index contributed by atoms with van der Waals surface area (Å²) in [6, 6.07) is 9.33. The molecular formula is C15H23N3O3S. The molecule has 1 unspecified atom stereocenters. The van der Waals surface area contributed by atoms with Crippen LogP contribution in [0.3, 0.4) is 0 Å². The molecule has 0 bridgehead atoms. The fraction of sp³-hybridized carbons (Fsp3) is 0.533. The molecule has 1 aromatic carbocycles. The van der Waals surface area contributed by atoms with Crippen LogP contribution in [0.25, 0.3) is 0 Å². The molecule has 1 aliphatic heterocycles. The molecule has 1 atom stereocenters.